The van der Waals surface area contributed by atoms with Crippen LogP contribution in [0.3, 0.4) is 0 Å². The molecular weight excluding hydrogens is 222 g/mol. The van der Waals surface area contributed by atoms with Crippen molar-refractivity contribution < 1.29 is 19.4 Å². The first-order chi connectivity index (χ1) is 7.90. The molecule has 1 N–H and O–H groups in total. The first-order valence-electron chi connectivity index (χ1n) is 5.99. The van der Waals surface area contributed by atoms with E-state index in [1.54, 1.807) is 25.7 Å². The van der Waals surface area contributed by atoms with E-state index < -0.39 is 11.9 Å². The lowest BCUT2D eigenvalue weighted by atomic mass is 10.1. The van der Waals surface area contributed by atoms with E-state index in [0.717, 1.165) is 0 Å². The summed E-state index contributed by atoms with van der Waals surface area (Å²) >= 11 is 0. The molecule has 5 nitrogen and oxygen atoms in total. The Morgan fingerprint density at radius 1 is 1.29 bits per heavy atom. The molecule has 0 aliphatic rings. The molecule has 100 valence electrons. The van der Waals surface area contributed by atoms with Gasteiger partial charge in [-0.2, -0.15) is 0 Å². The lowest BCUT2D eigenvalue weighted by molar-refractivity contribution is -0.144. The number of carboxylic acids is 1. The summed E-state index contributed by atoms with van der Waals surface area (Å²) in [5, 5.41) is 8.85. The smallest absolute Gasteiger partial charge is 0.308 e. The van der Waals surface area contributed by atoms with E-state index in [2.05, 4.69) is 0 Å². The fraction of sp³-hybridized carbons (Fsp3) is 0.833. The number of carbonyl (C=O) groups is 2. The Bertz CT molecular complexity index is 253. The number of carboxylic acid groups (broad SMARTS) is 1. The summed E-state index contributed by atoms with van der Waals surface area (Å²) in [6.45, 7) is 8.82. The van der Waals surface area contributed by atoms with Gasteiger partial charge in [-0.1, -0.05) is 20.8 Å². The summed E-state index contributed by atoms with van der Waals surface area (Å²) in [4.78, 5) is 24.2. The molecule has 1 amide bonds. The van der Waals surface area contributed by atoms with Gasteiger partial charge in [-0.15, -0.1) is 0 Å². The predicted octanol–water partition coefficient (Wildman–Crippen LogP) is 1.23. The highest BCUT2D eigenvalue weighted by atomic mass is 16.5. The summed E-state index contributed by atoms with van der Waals surface area (Å²) in [7, 11) is 0. The van der Waals surface area contributed by atoms with Gasteiger partial charge < -0.3 is 14.7 Å². The van der Waals surface area contributed by atoms with Crippen molar-refractivity contribution in [3.63, 3.8) is 0 Å². The van der Waals surface area contributed by atoms with Crippen LogP contribution in [0.25, 0.3) is 0 Å². The zero-order valence-corrected chi connectivity index (χ0v) is 11.1. The van der Waals surface area contributed by atoms with Crippen molar-refractivity contribution >= 4 is 11.9 Å². The Morgan fingerprint density at radius 2 is 1.88 bits per heavy atom. The monoisotopic (exact) mass is 245 g/mol. The van der Waals surface area contributed by atoms with Gasteiger partial charge in [0.25, 0.3) is 0 Å². The average Bonchev–Trinajstić information content (AvgIpc) is 2.26. The normalized spacial score (nSPS) is 12.5. The van der Waals surface area contributed by atoms with Gasteiger partial charge in [0.1, 0.15) is 0 Å². The van der Waals surface area contributed by atoms with Gasteiger partial charge in [0.2, 0.25) is 5.91 Å². The highest BCUT2D eigenvalue weighted by molar-refractivity contribution is 5.79. The molecule has 17 heavy (non-hydrogen) atoms. The fourth-order valence-electron chi connectivity index (χ4n) is 1.38. The third kappa shape index (κ3) is 6.26. The van der Waals surface area contributed by atoms with Crippen LogP contribution in [0.1, 0.15) is 27.7 Å². The summed E-state index contributed by atoms with van der Waals surface area (Å²) in [6, 6.07) is 0. The van der Waals surface area contributed by atoms with E-state index in [4.69, 9.17) is 9.84 Å². The Kier molecular flexibility index (Phi) is 7.54. The molecule has 0 aromatic rings. The van der Waals surface area contributed by atoms with Gasteiger partial charge in [0.15, 0.2) is 0 Å². The number of rotatable bonds is 8. The molecule has 0 aromatic heterocycles. The van der Waals surface area contributed by atoms with Gasteiger partial charge in [0.05, 0.1) is 12.5 Å². The second-order valence-electron chi connectivity index (χ2n) is 4.38. The average molecular weight is 245 g/mol. The number of nitrogens with zero attached hydrogens (tertiary/aromatic N) is 1. The Balaban J connectivity index is 4.39. The minimum Gasteiger partial charge on any atom is -0.481 e. The molecule has 0 heterocycles. The lowest BCUT2D eigenvalue weighted by Gasteiger charge is -2.26. The van der Waals surface area contributed by atoms with E-state index in [1.807, 2.05) is 6.92 Å². The number of hydrogen-bond donors (Lipinski definition) is 1. The molecule has 0 fully saturated rings. The van der Waals surface area contributed by atoms with Gasteiger partial charge in [0, 0.05) is 25.6 Å². The highest BCUT2D eigenvalue weighted by Crippen LogP contribution is 2.06. The van der Waals surface area contributed by atoms with Crippen LogP contribution in [-0.4, -0.2) is 48.2 Å². The largest absolute Gasteiger partial charge is 0.481 e. The molecule has 0 aliphatic carbocycles. The molecule has 0 saturated carbocycles. The summed E-state index contributed by atoms with van der Waals surface area (Å²) in [5.74, 6) is -1.60. The number of carbonyl (C=O) groups excluding carboxylic acids is 1. The van der Waals surface area contributed by atoms with Crippen LogP contribution in [-0.2, 0) is 14.3 Å². The molecular formula is C12H23NO4. The first-order valence-corrected chi connectivity index (χ1v) is 5.99. The lowest BCUT2D eigenvalue weighted by Crippen LogP contribution is -2.41. The van der Waals surface area contributed by atoms with E-state index in [0.29, 0.717) is 19.8 Å². The SMILES string of the molecule is CCOCCN(CC(C)C(=O)O)C(=O)C(C)C. The second-order valence-corrected chi connectivity index (χ2v) is 4.38. The van der Waals surface area contributed by atoms with Crippen LogP contribution in [0, 0.1) is 11.8 Å². The van der Waals surface area contributed by atoms with Crippen LogP contribution in [0.2, 0.25) is 0 Å². The minimum atomic E-state index is -0.886. The number of ether oxygens (including phenoxy) is 1. The van der Waals surface area contributed by atoms with Gasteiger partial charge >= 0.3 is 5.97 Å². The molecule has 5 heteroatoms. The summed E-state index contributed by atoms with van der Waals surface area (Å²) in [5.41, 5.74) is 0. The number of hydrogen-bond acceptors (Lipinski definition) is 3. The van der Waals surface area contributed by atoms with E-state index in [-0.39, 0.29) is 18.4 Å². The second kappa shape index (κ2) is 8.06. The third-order valence-electron chi connectivity index (χ3n) is 2.43. The van der Waals surface area contributed by atoms with Crippen LogP contribution in [0.4, 0.5) is 0 Å². The van der Waals surface area contributed by atoms with Crippen molar-refractivity contribution in [1.29, 1.82) is 0 Å². The molecule has 0 saturated heterocycles. The van der Waals surface area contributed by atoms with Gasteiger partial charge in [-0.3, -0.25) is 9.59 Å². The molecule has 0 bridgehead atoms. The molecule has 0 rings (SSSR count). The zero-order chi connectivity index (χ0) is 13.4. The maximum atomic E-state index is 11.9. The zero-order valence-electron chi connectivity index (χ0n) is 11.1. The fourth-order valence-corrected chi connectivity index (χ4v) is 1.38. The quantitative estimate of drug-likeness (QED) is 0.653. The Morgan fingerprint density at radius 3 is 2.29 bits per heavy atom. The third-order valence-corrected chi connectivity index (χ3v) is 2.43. The van der Waals surface area contributed by atoms with Crippen molar-refractivity contribution in [3.8, 4) is 0 Å². The molecule has 0 radical (unpaired) electrons. The van der Waals surface area contributed by atoms with E-state index >= 15 is 0 Å². The molecule has 1 unspecified atom stereocenters. The predicted molar refractivity (Wildman–Crippen MR) is 64.7 cm³/mol. The van der Waals surface area contributed by atoms with Crippen molar-refractivity contribution in [2.75, 3.05) is 26.3 Å². The van der Waals surface area contributed by atoms with Crippen molar-refractivity contribution in [3.05, 3.63) is 0 Å². The first kappa shape index (κ1) is 15.9. The molecule has 0 spiro atoms. The number of aliphatic carboxylic acids is 1. The molecule has 0 aromatic carbocycles. The van der Waals surface area contributed by atoms with Crippen LogP contribution in [0.5, 0.6) is 0 Å². The maximum absolute atomic E-state index is 11.9. The van der Waals surface area contributed by atoms with Crippen LogP contribution in [0.15, 0.2) is 0 Å². The Labute approximate surface area is 103 Å². The summed E-state index contributed by atoms with van der Waals surface area (Å²) < 4.78 is 5.19. The Hall–Kier alpha value is -1.10. The van der Waals surface area contributed by atoms with E-state index in [1.165, 1.54) is 0 Å². The molecule has 0 aliphatic heterocycles. The van der Waals surface area contributed by atoms with Gasteiger partial charge in [-0.25, -0.2) is 0 Å². The van der Waals surface area contributed by atoms with Gasteiger partial charge in [-0.05, 0) is 6.92 Å². The number of amides is 1. The summed E-state index contributed by atoms with van der Waals surface area (Å²) in [6.07, 6.45) is 0. The van der Waals surface area contributed by atoms with Crippen molar-refractivity contribution in [2.45, 2.75) is 27.7 Å². The van der Waals surface area contributed by atoms with Crippen molar-refractivity contribution in [1.82, 2.24) is 4.90 Å². The minimum absolute atomic E-state index is 0.0298. The van der Waals surface area contributed by atoms with Crippen LogP contribution >= 0.6 is 0 Å². The topological polar surface area (TPSA) is 66.8 Å². The van der Waals surface area contributed by atoms with Crippen LogP contribution < -0.4 is 0 Å². The maximum Gasteiger partial charge on any atom is 0.308 e. The van der Waals surface area contributed by atoms with Crippen molar-refractivity contribution in [2.24, 2.45) is 11.8 Å². The highest BCUT2D eigenvalue weighted by Gasteiger charge is 2.22. The standard InChI is InChI=1S/C12H23NO4/c1-5-17-7-6-13(11(14)9(2)3)8-10(4)12(15)16/h9-10H,5-8H2,1-4H3,(H,15,16). The molecule has 1 atom stereocenters. The van der Waals surface area contributed by atoms with E-state index in [9.17, 15) is 9.59 Å².